The fraction of sp³-hybridized carbons (Fsp3) is 0.429. The maximum atomic E-state index is 12.5. The van der Waals surface area contributed by atoms with Gasteiger partial charge in [0.2, 0.25) is 0 Å². The highest BCUT2D eigenvalue weighted by Gasteiger charge is 2.34. The molecule has 1 N–H and O–H groups in total. The molecule has 4 rings (SSSR count). The zero-order valence-electron chi connectivity index (χ0n) is 16.0. The molecule has 3 heterocycles. The van der Waals surface area contributed by atoms with Crippen LogP contribution in [0.4, 0.5) is 4.79 Å². The normalized spacial score (nSPS) is 19.8. The van der Waals surface area contributed by atoms with Crippen LogP contribution in [0, 0.1) is 6.92 Å². The van der Waals surface area contributed by atoms with Crippen molar-refractivity contribution in [2.75, 3.05) is 26.2 Å². The monoisotopic (exact) mass is 383 g/mol. The van der Waals surface area contributed by atoms with Gasteiger partial charge in [-0.3, -0.25) is 4.79 Å². The Labute approximate surface area is 164 Å². The number of amides is 3. The highest BCUT2D eigenvalue weighted by molar-refractivity contribution is 5.91. The summed E-state index contributed by atoms with van der Waals surface area (Å²) < 4.78 is 11.1. The molecule has 0 bridgehead atoms. The molecule has 7 nitrogen and oxygen atoms in total. The van der Waals surface area contributed by atoms with Gasteiger partial charge < -0.3 is 24.3 Å². The van der Waals surface area contributed by atoms with Crippen molar-refractivity contribution in [3.8, 4) is 5.75 Å². The van der Waals surface area contributed by atoms with E-state index in [9.17, 15) is 9.59 Å². The molecular weight excluding hydrogens is 358 g/mol. The van der Waals surface area contributed by atoms with E-state index >= 15 is 0 Å². The Balaban J connectivity index is 1.23. The van der Waals surface area contributed by atoms with Crippen molar-refractivity contribution in [3.05, 3.63) is 54.0 Å². The summed E-state index contributed by atoms with van der Waals surface area (Å²) in [6, 6.07) is 11.1. The maximum absolute atomic E-state index is 12.5. The number of aryl methyl sites for hydroxylation is 1. The highest BCUT2D eigenvalue weighted by atomic mass is 16.5. The molecule has 148 valence electrons. The Morgan fingerprint density at radius 1 is 1.14 bits per heavy atom. The number of urea groups is 1. The predicted octanol–water partition coefficient (Wildman–Crippen LogP) is 2.67. The largest absolute Gasteiger partial charge is 0.487 e. The minimum absolute atomic E-state index is 0.0240. The van der Waals surface area contributed by atoms with Crippen molar-refractivity contribution < 1.29 is 18.7 Å². The summed E-state index contributed by atoms with van der Waals surface area (Å²) >= 11 is 0. The first-order valence-electron chi connectivity index (χ1n) is 9.70. The van der Waals surface area contributed by atoms with Gasteiger partial charge >= 0.3 is 6.03 Å². The van der Waals surface area contributed by atoms with E-state index < -0.39 is 0 Å². The standard InChI is InChI=1S/C21H25N3O4/c1-15-5-2-7-17(11-15)28-18-13-24(14-18)21(26)22-16-6-3-9-23(12-16)20(25)19-8-4-10-27-19/h2,4-5,7-8,10-11,16,18H,3,6,9,12-14H2,1H3,(H,22,26). The molecule has 0 saturated carbocycles. The van der Waals surface area contributed by atoms with E-state index in [0.717, 1.165) is 24.2 Å². The third-order valence-corrected chi connectivity index (χ3v) is 5.20. The third kappa shape index (κ3) is 4.13. The summed E-state index contributed by atoms with van der Waals surface area (Å²) in [6.07, 6.45) is 3.24. The van der Waals surface area contributed by atoms with Gasteiger partial charge in [0.15, 0.2) is 5.76 Å². The van der Waals surface area contributed by atoms with Gasteiger partial charge in [0.1, 0.15) is 11.9 Å². The van der Waals surface area contributed by atoms with E-state index in [0.29, 0.717) is 31.9 Å². The SMILES string of the molecule is Cc1cccc(OC2CN(C(=O)NC3CCCN(C(=O)c4ccco4)C3)C2)c1. The lowest BCUT2D eigenvalue weighted by Crippen LogP contribution is -2.61. The topological polar surface area (TPSA) is 75.0 Å². The van der Waals surface area contributed by atoms with Crippen molar-refractivity contribution in [1.29, 1.82) is 0 Å². The van der Waals surface area contributed by atoms with E-state index in [1.165, 1.54) is 6.26 Å². The average Bonchev–Trinajstić information content (AvgIpc) is 3.18. The molecule has 1 atom stereocenters. The zero-order valence-corrected chi connectivity index (χ0v) is 16.0. The van der Waals surface area contributed by atoms with E-state index in [1.807, 2.05) is 31.2 Å². The number of benzene rings is 1. The molecule has 0 radical (unpaired) electrons. The van der Waals surface area contributed by atoms with Crippen LogP contribution in [0.15, 0.2) is 47.1 Å². The number of carbonyl (C=O) groups is 2. The maximum Gasteiger partial charge on any atom is 0.317 e. The minimum atomic E-state index is -0.125. The van der Waals surface area contributed by atoms with Crippen LogP contribution in [0.1, 0.15) is 29.0 Å². The van der Waals surface area contributed by atoms with E-state index in [2.05, 4.69) is 5.32 Å². The Bertz CT molecular complexity index is 830. The second kappa shape index (κ2) is 7.96. The Hall–Kier alpha value is -2.96. The molecule has 2 aliphatic rings. The van der Waals surface area contributed by atoms with Gasteiger partial charge in [-0.05, 0) is 49.6 Å². The molecular formula is C21H25N3O4. The molecule has 2 saturated heterocycles. The lowest BCUT2D eigenvalue weighted by Gasteiger charge is -2.40. The smallest absolute Gasteiger partial charge is 0.317 e. The summed E-state index contributed by atoms with van der Waals surface area (Å²) in [6.45, 7) is 4.35. The van der Waals surface area contributed by atoms with Gasteiger partial charge in [0, 0.05) is 19.1 Å². The molecule has 2 fully saturated rings. The number of hydrogen-bond donors (Lipinski definition) is 1. The molecule has 7 heteroatoms. The fourth-order valence-corrected chi connectivity index (χ4v) is 3.66. The number of furan rings is 1. The molecule has 1 aromatic carbocycles. The number of rotatable bonds is 4. The molecule has 2 aliphatic heterocycles. The van der Waals surface area contributed by atoms with Crippen LogP contribution in [-0.4, -0.2) is 60.1 Å². The fourth-order valence-electron chi connectivity index (χ4n) is 3.66. The van der Waals surface area contributed by atoms with Gasteiger partial charge in [-0.1, -0.05) is 12.1 Å². The molecule has 28 heavy (non-hydrogen) atoms. The van der Waals surface area contributed by atoms with Gasteiger partial charge in [-0.15, -0.1) is 0 Å². The average molecular weight is 383 g/mol. The van der Waals surface area contributed by atoms with Crippen molar-refractivity contribution in [2.24, 2.45) is 0 Å². The summed E-state index contributed by atoms with van der Waals surface area (Å²) in [5.41, 5.74) is 1.15. The second-order valence-electron chi connectivity index (χ2n) is 7.48. The zero-order chi connectivity index (χ0) is 19.5. The molecule has 1 aromatic heterocycles. The molecule has 2 aromatic rings. The number of nitrogens with one attached hydrogen (secondary N) is 1. The Kier molecular flexibility index (Phi) is 5.23. The Morgan fingerprint density at radius 3 is 2.75 bits per heavy atom. The van der Waals surface area contributed by atoms with Gasteiger partial charge in [-0.2, -0.15) is 0 Å². The third-order valence-electron chi connectivity index (χ3n) is 5.20. The number of hydrogen-bond acceptors (Lipinski definition) is 4. The van der Waals surface area contributed by atoms with Crippen LogP contribution in [0.3, 0.4) is 0 Å². The van der Waals surface area contributed by atoms with Crippen LogP contribution < -0.4 is 10.1 Å². The van der Waals surface area contributed by atoms with E-state index in [4.69, 9.17) is 9.15 Å². The number of carbonyl (C=O) groups excluding carboxylic acids is 2. The van der Waals surface area contributed by atoms with Crippen molar-refractivity contribution in [2.45, 2.75) is 31.9 Å². The summed E-state index contributed by atoms with van der Waals surface area (Å²) in [5.74, 6) is 1.05. The van der Waals surface area contributed by atoms with Gasteiger partial charge in [0.25, 0.3) is 5.91 Å². The lowest BCUT2D eigenvalue weighted by atomic mass is 10.1. The summed E-state index contributed by atoms with van der Waals surface area (Å²) in [7, 11) is 0. The first-order chi connectivity index (χ1) is 13.6. The number of ether oxygens (including phenoxy) is 1. The minimum Gasteiger partial charge on any atom is -0.487 e. The van der Waals surface area contributed by atoms with Crippen molar-refractivity contribution >= 4 is 11.9 Å². The van der Waals surface area contributed by atoms with Crippen molar-refractivity contribution in [3.63, 3.8) is 0 Å². The highest BCUT2D eigenvalue weighted by Crippen LogP contribution is 2.20. The first-order valence-corrected chi connectivity index (χ1v) is 9.70. The predicted molar refractivity (Wildman–Crippen MR) is 103 cm³/mol. The van der Waals surface area contributed by atoms with Crippen LogP contribution in [0.2, 0.25) is 0 Å². The van der Waals surface area contributed by atoms with E-state index in [1.54, 1.807) is 21.9 Å². The molecule has 3 amide bonds. The lowest BCUT2D eigenvalue weighted by molar-refractivity contribution is 0.0413. The summed E-state index contributed by atoms with van der Waals surface area (Å²) in [4.78, 5) is 28.4. The Morgan fingerprint density at radius 2 is 2.00 bits per heavy atom. The van der Waals surface area contributed by atoms with E-state index in [-0.39, 0.29) is 24.1 Å². The molecule has 0 spiro atoms. The van der Waals surface area contributed by atoms with Gasteiger partial charge in [-0.25, -0.2) is 4.79 Å². The van der Waals surface area contributed by atoms with Crippen LogP contribution in [0.5, 0.6) is 5.75 Å². The van der Waals surface area contributed by atoms with Crippen LogP contribution in [-0.2, 0) is 0 Å². The second-order valence-corrected chi connectivity index (χ2v) is 7.48. The summed E-state index contributed by atoms with van der Waals surface area (Å²) in [5, 5.41) is 3.05. The molecule has 1 unspecified atom stereocenters. The first kappa shape index (κ1) is 18.4. The number of likely N-dealkylation sites (tertiary alicyclic amines) is 2. The number of piperidine rings is 1. The van der Waals surface area contributed by atoms with Crippen LogP contribution in [0.25, 0.3) is 0 Å². The molecule has 0 aliphatic carbocycles. The van der Waals surface area contributed by atoms with Crippen molar-refractivity contribution in [1.82, 2.24) is 15.1 Å². The quantitative estimate of drug-likeness (QED) is 0.881. The number of nitrogens with zero attached hydrogens (tertiary/aromatic N) is 2. The van der Waals surface area contributed by atoms with Crippen LogP contribution >= 0.6 is 0 Å². The van der Waals surface area contributed by atoms with Gasteiger partial charge in [0.05, 0.1) is 19.4 Å².